The Hall–Kier alpha value is -3.53. The van der Waals surface area contributed by atoms with Crippen LogP contribution < -0.4 is 15.0 Å². The first kappa shape index (κ1) is 22.7. The Morgan fingerprint density at radius 3 is 2.48 bits per heavy atom. The van der Waals surface area contributed by atoms with E-state index >= 15 is 0 Å². The average molecular weight is 473 g/mol. The predicted molar refractivity (Wildman–Crippen MR) is 121 cm³/mol. The number of aromatic nitrogens is 1. The number of halogens is 2. The number of nitrogens with one attached hydrogen (secondary N) is 1. The number of hydrogen-bond donors (Lipinski definition) is 1. The van der Waals surface area contributed by atoms with Crippen LogP contribution in [-0.2, 0) is 6.54 Å². The van der Waals surface area contributed by atoms with Gasteiger partial charge in [0.1, 0.15) is 11.6 Å². The Morgan fingerprint density at radius 1 is 1.06 bits per heavy atom. The van der Waals surface area contributed by atoms with Crippen molar-refractivity contribution in [1.29, 1.82) is 0 Å². The molecule has 0 radical (unpaired) electrons. The Morgan fingerprint density at radius 2 is 1.82 bits per heavy atom. The van der Waals surface area contributed by atoms with Crippen LogP contribution in [-0.4, -0.2) is 54.5 Å². The molecule has 0 bridgehead atoms. The summed E-state index contributed by atoms with van der Waals surface area (Å²) in [6.45, 7) is -0.536. The monoisotopic (exact) mass is 472 g/mol. The number of rotatable bonds is 7. The first-order valence-corrected chi connectivity index (χ1v) is 11.2. The molecule has 2 amide bonds. The van der Waals surface area contributed by atoms with Gasteiger partial charge in [-0.2, -0.15) is 8.78 Å². The number of carbonyl (C=O) groups excluding carboxylic acids is 2. The fourth-order valence-electron chi connectivity index (χ4n) is 3.58. The number of thiophene rings is 1. The lowest BCUT2D eigenvalue weighted by Gasteiger charge is -2.36. The molecule has 1 fully saturated rings. The molecule has 1 aromatic carbocycles. The maximum absolute atomic E-state index is 12.8. The van der Waals surface area contributed by atoms with Gasteiger partial charge in [-0.15, -0.1) is 11.3 Å². The fourth-order valence-corrected chi connectivity index (χ4v) is 4.23. The minimum atomic E-state index is -2.91. The molecule has 7 nitrogen and oxygen atoms in total. The molecule has 1 saturated heterocycles. The smallest absolute Gasteiger partial charge is 0.387 e. The molecular weight excluding hydrogens is 450 g/mol. The first-order chi connectivity index (χ1) is 16.0. The zero-order valence-corrected chi connectivity index (χ0v) is 18.4. The van der Waals surface area contributed by atoms with Crippen LogP contribution in [0.4, 0.5) is 14.6 Å². The summed E-state index contributed by atoms with van der Waals surface area (Å²) < 4.78 is 28.9. The summed E-state index contributed by atoms with van der Waals surface area (Å²) in [7, 11) is 0. The lowest BCUT2D eigenvalue weighted by atomic mass is 10.1. The second-order valence-corrected chi connectivity index (χ2v) is 8.35. The topological polar surface area (TPSA) is 74.8 Å². The highest BCUT2D eigenvalue weighted by atomic mass is 32.1. The number of piperazine rings is 1. The van der Waals surface area contributed by atoms with E-state index in [0.717, 1.165) is 4.88 Å². The standard InChI is InChI=1S/C23H22F2N4O3S/c24-23(25)32-17-7-5-16(6-8-17)22(31)29-12-10-28(11-13-29)20-19(4-1-9-26-20)21(30)27-15-18-3-2-14-33-18/h1-9,14,23H,10-13,15H2,(H,27,30). The highest BCUT2D eigenvalue weighted by Crippen LogP contribution is 2.21. The van der Waals surface area contributed by atoms with Crippen LogP contribution in [0.2, 0.25) is 0 Å². The highest BCUT2D eigenvalue weighted by molar-refractivity contribution is 7.09. The quantitative estimate of drug-likeness (QED) is 0.568. The maximum atomic E-state index is 12.8. The molecule has 1 aliphatic heterocycles. The summed E-state index contributed by atoms with van der Waals surface area (Å²) >= 11 is 1.58. The van der Waals surface area contributed by atoms with Gasteiger partial charge in [0.25, 0.3) is 11.8 Å². The molecule has 0 unspecified atom stereocenters. The van der Waals surface area contributed by atoms with Crippen LogP contribution in [0.15, 0.2) is 60.1 Å². The number of carbonyl (C=O) groups is 2. The number of benzene rings is 1. The molecule has 4 rings (SSSR count). The SMILES string of the molecule is O=C(NCc1cccs1)c1cccnc1N1CCN(C(=O)c2ccc(OC(F)F)cc2)CC1. The van der Waals surface area contributed by atoms with E-state index in [1.54, 1.807) is 34.6 Å². The van der Waals surface area contributed by atoms with Crippen molar-refractivity contribution in [2.45, 2.75) is 13.2 Å². The van der Waals surface area contributed by atoms with E-state index in [2.05, 4.69) is 15.0 Å². The molecule has 33 heavy (non-hydrogen) atoms. The summed E-state index contributed by atoms with van der Waals surface area (Å²) in [6.07, 6.45) is 1.64. The number of anilines is 1. The highest BCUT2D eigenvalue weighted by Gasteiger charge is 2.25. The molecule has 3 aromatic rings. The van der Waals surface area contributed by atoms with E-state index in [1.807, 2.05) is 22.4 Å². The molecule has 0 saturated carbocycles. The van der Waals surface area contributed by atoms with Crippen molar-refractivity contribution in [2.75, 3.05) is 31.1 Å². The third-order valence-corrected chi connectivity index (χ3v) is 6.10. The van der Waals surface area contributed by atoms with Crippen molar-refractivity contribution < 1.29 is 23.1 Å². The minimum Gasteiger partial charge on any atom is -0.435 e. The molecule has 1 aliphatic rings. The van der Waals surface area contributed by atoms with E-state index in [9.17, 15) is 18.4 Å². The number of pyridine rings is 1. The fraction of sp³-hybridized carbons (Fsp3) is 0.261. The Labute approximate surface area is 193 Å². The van der Waals surface area contributed by atoms with Crippen LogP contribution in [0.3, 0.4) is 0 Å². The van der Waals surface area contributed by atoms with Crippen molar-refractivity contribution in [2.24, 2.45) is 0 Å². The molecule has 0 atom stereocenters. The van der Waals surface area contributed by atoms with Gasteiger partial charge in [0.2, 0.25) is 0 Å². The third kappa shape index (κ3) is 5.64. The normalized spacial score (nSPS) is 13.8. The summed E-state index contributed by atoms with van der Waals surface area (Å²) in [5.74, 6) is 0.206. The second-order valence-electron chi connectivity index (χ2n) is 7.32. The van der Waals surface area contributed by atoms with Crippen molar-refractivity contribution in [3.63, 3.8) is 0 Å². The van der Waals surface area contributed by atoms with E-state index in [1.165, 1.54) is 24.3 Å². The molecule has 1 N–H and O–H groups in total. The predicted octanol–water partition coefficient (Wildman–Crippen LogP) is 3.64. The number of nitrogens with zero attached hydrogens (tertiary/aromatic N) is 3. The molecule has 172 valence electrons. The van der Waals surface area contributed by atoms with Gasteiger partial charge in [-0.3, -0.25) is 9.59 Å². The van der Waals surface area contributed by atoms with Crippen molar-refractivity contribution >= 4 is 29.0 Å². The van der Waals surface area contributed by atoms with Crippen LogP contribution in [0.1, 0.15) is 25.6 Å². The van der Waals surface area contributed by atoms with E-state index in [0.29, 0.717) is 49.7 Å². The van der Waals surface area contributed by atoms with Gasteiger partial charge >= 0.3 is 6.61 Å². The molecule has 2 aromatic heterocycles. The van der Waals surface area contributed by atoms with Gasteiger partial charge < -0.3 is 19.9 Å². The summed E-state index contributed by atoms with van der Waals surface area (Å²) in [4.78, 5) is 34.7. The molecule has 0 aliphatic carbocycles. The number of alkyl halides is 2. The zero-order chi connectivity index (χ0) is 23.2. The average Bonchev–Trinajstić information content (AvgIpc) is 3.36. The number of ether oxygens (including phenoxy) is 1. The van der Waals surface area contributed by atoms with Gasteiger partial charge in [0.05, 0.1) is 12.1 Å². The van der Waals surface area contributed by atoms with Gasteiger partial charge in [-0.05, 0) is 47.8 Å². The van der Waals surface area contributed by atoms with Gasteiger partial charge in [-0.25, -0.2) is 4.98 Å². The molecule has 10 heteroatoms. The summed E-state index contributed by atoms with van der Waals surface area (Å²) in [6, 6.07) is 13.0. The van der Waals surface area contributed by atoms with E-state index in [4.69, 9.17) is 0 Å². The largest absolute Gasteiger partial charge is 0.435 e. The number of amides is 2. The van der Waals surface area contributed by atoms with Crippen molar-refractivity contribution in [1.82, 2.24) is 15.2 Å². The first-order valence-electron chi connectivity index (χ1n) is 10.4. The maximum Gasteiger partial charge on any atom is 0.387 e. The van der Waals surface area contributed by atoms with Crippen LogP contribution in [0, 0.1) is 0 Å². The summed E-state index contributed by atoms with van der Waals surface area (Å²) in [5, 5.41) is 4.89. The second kappa shape index (κ2) is 10.4. The molecular formula is C23H22F2N4O3S. The van der Waals surface area contributed by atoms with Crippen molar-refractivity contribution in [3.8, 4) is 5.75 Å². The lowest BCUT2D eigenvalue weighted by Crippen LogP contribution is -2.49. The molecule has 3 heterocycles. The van der Waals surface area contributed by atoms with Crippen molar-refractivity contribution in [3.05, 3.63) is 76.1 Å². The minimum absolute atomic E-state index is 0.00593. The zero-order valence-electron chi connectivity index (χ0n) is 17.6. The van der Waals surface area contributed by atoms with E-state index in [-0.39, 0.29) is 17.6 Å². The molecule has 0 spiro atoms. The van der Waals surface area contributed by atoms with Gasteiger partial charge in [0.15, 0.2) is 0 Å². The lowest BCUT2D eigenvalue weighted by molar-refractivity contribution is -0.0498. The summed E-state index contributed by atoms with van der Waals surface area (Å²) in [5.41, 5.74) is 0.889. The number of hydrogen-bond acceptors (Lipinski definition) is 6. The van der Waals surface area contributed by atoms with Crippen LogP contribution in [0.25, 0.3) is 0 Å². The van der Waals surface area contributed by atoms with Crippen LogP contribution >= 0.6 is 11.3 Å². The Bertz CT molecular complexity index is 1090. The third-order valence-electron chi connectivity index (χ3n) is 5.23. The Balaban J connectivity index is 1.37. The van der Waals surface area contributed by atoms with Gasteiger partial charge in [-0.1, -0.05) is 6.07 Å². The van der Waals surface area contributed by atoms with Gasteiger partial charge in [0, 0.05) is 42.8 Å². The van der Waals surface area contributed by atoms with Crippen LogP contribution in [0.5, 0.6) is 5.75 Å². The van der Waals surface area contributed by atoms with E-state index < -0.39 is 6.61 Å². The Kier molecular flexibility index (Phi) is 7.13.